The number of nitrogens with zero attached hydrogens (tertiary/aromatic N) is 3. The summed E-state index contributed by atoms with van der Waals surface area (Å²) in [5.74, 6) is -0.261. The van der Waals surface area contributed by atoms with Crippen LogP contribution in [-0.4, -0.2) is 42.2 Å². The topological polar surface area (TPSA) is 58.3 Å². The van der Waals surface area contributed by atoms with Gasteiger partial charge in [0.05, 0.1) is 12.6 Å². The van der Waals surface area contributed by atoms with Gasteiger partial charge in [-0.25, -0.2) is 0 Å². The Labute approximate surface area is 151 Å². The van der Waals surface area contributed by atoms with E-state index in [9.17, 15) is 10.1 Å². The molecule has 0 bridgehead atoms. The summed E-state index contributed by atoms with van der Waals surface area (Å²) in [5, 5.41) is 9.48. The average Bonchev–Trinajstić information content (AvgIpc) is 2.83. The third kappa shape index (κ3) is 5.07. The van der Waals surface area contributed by atoms with Crippen molar-refractivity contribution in [2.75, 3.05) is 26.8 Å². The lowest BCUT2D eigenvalue weighted by atomic mass is 10.1. The molecule has 0 N–H and O–H groups in total. The standard InChI is InChI=1S/C20H29N3O2/c1-8-22(12-14(2)3)20(24)19(11-21)10-18-9-15(4)23(17(18)6)16(5)13-25-7/h9-10,16H,2,8,12-13H2,1,3-7H3/b19-10-. The van der Waals surface area contributed by atoms with Crippen LogP contribution in [0.2, 0.25) is 0 Å². The fraction of sp³-hybridized carbons (Fsp3) is 0.500. The summed E-state index contributed by atoms with van der Waals surface area (Å²) < 4.78 is 7.41. The number of aromatic nitrogens is 1. The Morgan fingerprint density at radius 2 is 2.16 bits per heavy atom. The van der Waals surface area contributed by atoms with Gasteiger partial charge in [-0.2, -0.15) is 5.26 Å². The van der Waals surface area contributed by atoms with Crippen LogP contribution in [0, 0.1) is 25.2 Å². The van der Waals surface area contributed by atoms with Crippen molar-refractivity contribution in [2.45, 2.75) is 40.7 Å². The molecule has 5 nitrogen and oxygen atoms in total. The molecule has 0 aliphatic heterocycles. The van der Waals surface area contributed by atoms with Gasteiger partial charge in [-0.05, 0) is 52.3 Å². The van der Waals surface area contributed by atoms with Crippen LogP contribution in [0.3, 0.4) is 0 Å². The molecule has 1 unspecified atom stereocenters. The Morgan fingerprint density at radius 1 is 1.52 bits per heavy atom. The fourth-order valence-electron chi connectivity index (χ4n) is 3.06. The van der Waals surface area contributed by atoms with Crippen molar-refractivity contribution in [3.8, 4) is 6.07 Å². The van der Waals surface area contributed by atoms with Gasteiger partial charge in [0.1, 0.15) is 11.6 Å². The summed E-state index contributed by atoms with van der Waals surface area (Å²) in [5.41, 5.74) is 4.01. The number of ether oxygens (including phenoxy) is 1. The number of nitriles is 1. The van der Waals surface area contributed by atoms with Crippen LogP contribution in [0.15, 0.2) is 23.8 Å². The Kier molecular flexibility index (Phi) is 7.66. The van der Waals surface area contributed by atoms with Crippen LogP contribution in [0.4, 0.5) is 0 Å². The molecule has 1 aromatic rings. The first-order valence-corrected chi connectivity index (χ1v) is 8.49. The third-order valence-corrected chi connectivity index (χ3v) is 4.15. The summed E-state index contributed by atoms with van der Waals surface area (Å²) in [4.78, 5) is 14.3. The van der Waals surface area contributed by atoms with Crippen LogP contribution in [-0.2, 0) is 9.53 Å². The number of rotatable bonds is 8. The zero-order valence-corrected chi connectivity index (χ0v) is 16.2. The predicted molar refractivity (Wildman–Crippen MR) is 101 cm³/mol. The molecular weight excluding hydrogens is 314 g/mol. The fourth-order valence-corrected chi connectivity index (χ4v) is 3.06. The molecule has 1 heterocycles. The van der Waals surface area contributed by atoms with Crippen molar-refractivity contribution in [2.24, 2.45) is 0 Å². The molecular formula is C20H29N3O2. The Morgan fingerprint density at radius 3 is 2.64 bits per heavy atom. The Bertz CT molecular complexity index is 707. The maximum absolute atomic E-state index is 12.7. The second kappa shape index (κ2) is 9.24. The number of hydrogen-bond acceptors (Lipinski definition) is 3. The van der Waals surface area contributed by atoms with Gasteiger partial charge in [0.2, 0.25) is 0 Å². The van der Waals surface area contributed by atoms with E-state index in [0.717, 1.165) is 22.5 Å². The van der Waals surface area contributed by atoms with Crippen LogP contribution >= 0.6 is 0 Å². The minimum atomic E-state index is -0.261. The molecule has 0 saturated carbocycles. The van der Waals surface area contributed by atoms with E-state index in [1.807, 2.05) is 33.8 Å². The summed E-state index contributed by atoms with van der Waals surface area (Å²) in [6, 6.07) is 4.24. The number of carbonyl (C=O) groups is 1. The molecule has 0 fully saturated rings. The number of amides is 1. The van der Waals surface area contributed by atoms with Gasteiger partial charge in [0.25, 0.3) is 5.91 Å². The molecule has 0 aliphatic rings. The lowest BCUT2D eigenvalue weighted by Crippen LogP contribution is -2.33. The number of likely N-dealkylation sites (N-methyl/N-ethyl adjacent to an activating group) is 1. The molecule has 5 heteroatoms. The van der Waals surface area contributed by atoms with Crippen molar-refractivity contribution < 1.29 is 9.53 Å². The van der Waals surface area contributed by atoms with Gasteiger partial charge in [-0.3, -0.25) is 4.79 Å². The van der Waals surface area contributed by atoms with Gasteiger partial charge in [-0.15, -0.1) is 0 Å². The first-order valence-electron chi connectivity index (χ1n) is 8.49. The number of carbonyl (C=O) groups excluding carboxylic acids is 1. The minimum absolute atomic E-state index is 0.141. The lowest BCUT2D eigenvalue weighted by molar-refractivity contribution is -0.126. The molecule has 1 rings (SSSR count). The van der Waals surface area contributed by atoms with Crippen molar-refractivity contribution >= 4 is 12.0 Å². The van der Waals surface area contributed by atoms with Crippen molar-refractivity contribution in [3.63, 3.8) is 0 Å². The predicted octanol–water partition coefficient (Wildman–Crippen LogP) is 3.64. The average molecular weight is 343 g/mol. The van der Waals surface area contributed by atoms with Crippen LogP contribution in [0.1, 0.15) is 43.8 Å². The molecule has 25 heavy (non-hydrogen) atoms. The van der Waals surface area contributed by atoms with E-state index in [-0.39, 0.29) is 17.5 Å². The molecule has 1 amide bonds. The SMILES string of the molecule is C=C(C)CN(CC)C(=O)/C(C#N)=C\c1cc(C)n(C(C)COC)c1C. The molecule has 0 aliphatic carbocycles. The second-order valence-electron chi connectivity index (χ2n) is 6.45. The maximum atomic E-state index is 12.7. The van der Waals surface area contributed by atoms with Crippen molar-refractivity contribution in [1.82, 2.24) is 9.47 Å². The third-order valence-electron chi connectivity index (χ3n) is 4.15. The van der Waals surface area contributed by atoms with E-state index in [2.05, 4.69) is 24.1 Å². The Hall–Kier alpha value is -2.32. The highest BCUT2D eigenvalue weighted by Gasteiger charge is 2.19. The molecule has 0 radical (unpaired) electrons. The molecule has 0 saturated heterocycles. The van der Waals surface area contributed by atoms with E-state index in [1.165, 1.54) is 0 Å². The summed E-state index contributed by atoms with van der Waals surface area (Å²) >= 11 is 0. The molecule has 1 aromatic heterocycles. The zero-order valence-electron chi connectivity index (χ0n) is 16.2. The first kappa shape index (κ1) is 20.7. The van der Waals surface area contributed by atoms with E-state index in [0.29, 0.717) is 19.7 Å². The number of aryl methyl sites for hydroxylation is 1. The summed E-state index contributed by atoms with van der Waals surface area (Å²) in [7, 11) is 1.68. The van der Waals surface area contributed by atoms with Gasteiger partial charge in [0.15, 0.2) is 0 Å². The lowest BCUT2D eigenvalue weighted by Gasteiger charge is -2.20. The van der Waals surface area contributed by atoms with E-state index in [1.54, 1.807) is 18.1 Å². The van der Waals surface area contributed by atoms with Crippen LogP contribution < -0.4 is 0 Å². The minimum Gasteiger partial charge on any atom is -0.383 e. The first-order chi connectivity index (χ1) is 11.8. The molecule has 136 valence electrons. The molecule has 0 aromatic carbocycles. The largest absolute Gasteiger partial charge is 0.383 e. The smallest absolute Gasteiger partial charge is 0.264 e. The highest BCUT2D eigenvalue weighted by atomic mass is 16.5. The Balaban J connectivity index is 3.23. The number of methoxy groups -OCH3 is 1. The maximum Gasteiger partial charge on any atom is 0.264 e. The quantitative estimate of drug-likeness (QED) is 0.411. The molecule has 0 spiro atoms. The molecule has 1 atom stereocenters. The van der Waals surface area contributed by atoms with E-state index in [4.69, 9.17) is 4.74 Å². The van der Waals surface area contributed by atoms with Gasteiger partial charge in [0, 0.05) is 31.6 Å². The zero-order chi connectivity index (χ0) is 19.1. The van der Waals surface area contributed by atoms with Crippen LogP contribution in [0.25, 0.3) is 6.08 Å². The summed E-state index contributed by atoms with van der Waals surface area (Å²) in [6.07, 6.45) is 1.68. The van der Waals surface area contributed by atoms with Crippen molar-refractivity contribution in [3.05, 3.63) is 40.7 Å². The van der Waals surface area contributed by atoms with Gasteiger partial charge >= 0.3 is 0 Å². The van der Waals surface area contributed by atoms with Crippen molar-refractivity contribution in [1.29, 1.82) is 5.26 Å². The van der Waals surface area contributed by atoms with Gasteiger partial charge in [-0.1, -0.05) is 12.2 Å². The van der Waals surface area contributed by atoms with Crippen LogP contribution in [0.5, 0.6) is 0 Å². The van der Waals surface area contributed by atoms with E-state index >= 15 is 0 Å². The normalized spacial score (nSPS) is 12.6. The monoisotopic (exact) mass is 343 g/mol. The van der Waals surface area contributed by atoms with E-state index < -0.39 is 0 Å². The summed E-state index contributed by atoms with van der Waals surface area (Å²) in [6.45, 7) is 15.3. The highest BCUT2D eigenvalue weighted by molar-refractivity contribution is 6.01. The number of hydrogen-bond donors (Lipinski definition) is 0. The second-order valence-corrected chi connectivity index (χ2v) is 6.45. The van der Waals surface area contributed by atoms with Gasteiger partial charge < -0.3 is 14.2 Å². The highest BCUT2D eigenvalue weighted by Crippen LogP contribution is 2.23.